The molecule has 0 aliphatic rings. The first-order valence-electron chi connectivity index (χ1n) is 10.2. The third kappa shape index (κ3) is 5.16. The number of methoxy groups -OCH3 is 2. The van der Waals surface area contributed by atoms with Crippen LogP contribution in [-0.2, 0) is 0 Å². The number of anilines is 1. The number of carbonyl (C=O) groups excluding carboxylic acids is 3. The van der Waals surface area contributed by atoms with E-state index < -0.39 is 11.8 Å². The standard InChI is InChI=1S/C25H25N3O6/c1-28(2)25(31)17-11-16(19-7-5-6-8-20(19)24(30)27-32)12-18(13-17)26-23(29)15-9-10-21(33-3)22(14-15)34-4/h5-14,32H,1-4H3,(H,26,29)(H,27,30). The van der Waals surface area contributed by atoms with Crippen LogP contribution in [0.25, 0.3) is 11.1 Å². The van der Waals surface area contributed by atoms with E-state index in [0.717, 1.165) is 0 Å². The summed E-state index contributed by atoms with van der Waals surface area (Å²) in [7, 11) is 6.21. The molecule has 3 aromatic rings. The predicted octanol–water partition coefficient (Wildman–Crippen LogP) is 3.44. The molecule has 34 heavy (non-hydrogen) atoms. The Kier molecular flexibility index (Phi) is 7.50. The number of hydroxylamine groups is 1. The molecule has 9 heteroatoms. The van der Waals surface area contributed by atoms with Crippen molar-refractivity contribution < 1.29 is 29.1 Å². The van der Waals surface area contributed by atoms with Gasteiger partial charge in [0.1, 0.15) is 0 Å². The first kappa shape index (κ1) is 24.3. The lowest BCUT2D eigenvalue weighted by atomic mass is 9.96. The third-order valence-electron chi connectivity index (χ3n) is 5.07. The van der Waals surface area contributed by atoms with Crippen molar-refractivity contribution in [2.24, 2.45) is 0 Å². The van der Waals surface area contributed by atoms with Crippen molar-refractivity contribution in [2.45, 2.75) is 0 Å². The lowest BCUT2D eigenvalue weighted by Crippen LogP contribution is -2.22. The Morgan fingerprint density at radius 1 is 0.824 bits per heavy atom. The smallest absolute Gasteiger partial charge is 0.275 e. The van der Waals surface area contributed by atoms with Crippen LogP contribution in [-0.4, -0.2) is 56.1 Å². The van der Waals surface area contributed by atoms with Crippen molar-refractivity contribution in [3.05, 3.63) is 77.4 Å². The summed E-state index contributed by atoms with van der Waals surface area (Å²) in [5, 5.41) is 11.9. The minimum absolute atomic E-state index is 0.205. The summed E-state index contributed by atoms with van der Waals surface area (Å²) in [5.41, 5.74) is 3.80. The molecule has 3 rings (SSSR count). The highest BCUT2D eigenvalue weighted by Gasteiger charge is 2.18. The number of hydrogen-bond acceptors (Lipinski definition) is 6. The van der Waals surface area contributed by atoms with Gasteiger partial charge in [-0.1, -0.05) is 18.2 Å². The van der Waals surface area contributed by atoms with Gasteiger partial charge in [0, 0.05) is 36.5 Å². The Balaban J connectivity index is 2.07. The van der Waals surface area contributed by atoms with Crippen LogP contribution in [0.4, 0.5) is 5.69 Å². The number of ether oxygens (including phenoxy) is 2. The number of nitrogens with zero attached hydrogens (tertiary/aromatic N) is 1. The molecular weight excluding hydrogens is 438 g/mol. The summed E-state index contributed by atoms with van der Waals surface area (Å²) in [6.07, 6.45) is 0. The molecule has 0 spiro atoms. The highest BCUT2D eigenvalue weighted by atomic mass is 16.5. The minimum atomic E-state index is -0.698. The zero-order valence-corrected chi connectivity index (χ0v) is 19.2. The topological polar surface area (TPSA) is 117 Å². The Labute approximate surface area is 196 Å². The third-order valence-corrected chi connectivity index (χ3v) is 5.07. The number of hydrogen-bond donors (Lipinski definition) is 3. The van der Waals surface area contributed by atoms with Crippen LogP contribution in [0.1, 0.15) is 31.1 Å². The number of rotatable bonds is 7. The van der Waals surface area contributed by atoms with Gasteiger partial charge in [0.2, 0.25) is 0 Å². The van der Waals surface area contributed by atoms with Gasteiger partial charge in [-0.2, -0.15) is 0 Å². The Bertz CT molecular complexity index is 1240. The molecule has 3 aromatic carbocycles. The summed E-state index contributed by atoms with van der Waals surface area (Å²) in [4.78, 5) is 39.3. The van der Waals surface area contributed by atoms with Crippen LogP contribution in [0.3, 0.4) is 0 Å². The summed E-state index contributed by atoms with van der Waals surface area (Å²) in [6, 6.07) is 16.2. The fourth-order valence-electron chi connectivity index (χ4n) is 3.41. The van der Waals surface area contributed by atoms with Crippen LogP contribution in [0.2, 0.25) is 0 Å². The first-order valence-corrected chi connectivity index (χ1v) is 10.2. The number of nitrogens with one attached hydrogen (secondary N) is 2. The molecule has 0 saturated carbocycles. The molecule has 3 amide bonds. The van der Waals surface area contributed by atoms with E-state index in [9.17, 15) is 14.4 Å². The second-order valence-corrected chi connectivity index (χ2v) is 7.51. The molecule has 0 saturated heterocycles. The highest BCUT2D eigenvalue weighted by molar-refractivity contribution is 6.07. The van der Waals surface area contributed by atoms with E-state index >= 15 is 0 Å². The summed E-state index contributed by atoms with van der Waals surface area (Å²) >= 11 is 0. The van der Waals surface area contributed by atoms with Crippen molar-refractivity contribution in [3.63, 3.8) is 0 Å². The SMILES string of the molecule is COc1ccc(C(=O)Nc2cc(C(=O)N(C)C)cc(-c3ccccc3C(=O)NO)c2)cc1OC. The van der Waals surface area contributed by atoms with Crippen LogP contribution in [0.15, 0.2) is 60.7 Å². The fourth-order valence-corrected chi connectivity index (χ4v) is 3.41. The molecule has 0 aliphatic carbocycles. The zero-order valence-electron chi connectivity index (χ0n) is 19.2. The van der Waals surface area contributed by atoms with Crippen molar-refractivity contribution >= 4 is 23.4 Å². The molecule has 0 heterocycles. The number of benzene rings is 3. The number of carbonyl (C=O) groups is 3. The van der Waals surface area contributed by atoms with Gasteiger partial charge in [-0.25, -0.2) is 5.48 Å². The van der Waals surface area contributed by atoms with Crippen LogP contribution in [0.5, 0.6) is 11.5 Å². The van der Waals surface area contributed by atoms with Crippen LogP contribution < -0.4 is 20.3 Å². The lowest BCUT2D eigenvalue weighted by molar-refractivity contribution is 0.0707. The molecule has 9 nitrogen and oxygen atoms in total. The van der Waals surface area contributed by atoms with Crippen LogP contribution in [0, 0.1) is 0 Å². The summed E-state index contributed by atoms with van der Waals surface area (Å²) < 4.78 is 10.5. The highest BCUT2D eigenvalue weighted by Crippen LogP contribution is 2.30. The second kappa shape index (κ2) is 10.5. The average molecular weight is 463 g/mol. The molecule has 0 unspecified atom stereocenters. The van der Waals surface area contributed by atoms with E-state index in [0.29, 0.717) is 39.4 Å². The first-order chi connectivity index (χ1) is 16.3. The molecule has 0 aliphatic heterocycles. The fraction of sp³-hybridized carbons (Fsp3) is 0.160. The zero-order chi connectivity index (χ0) is 24.8. The Morgan fingerprint density at radius 3 is 2.18 bits per heavy atom. The van der Waals surface area contributed by atoms with Crippen molar-refractivity contribution in [3.8, 4) is 22.6 Å². The molecule has 0 aromatic heterocycles. The molecule has 3 N–H and O–H groups in total. The van der Waals surface area contributed by atoms with Crippen molar-refractivity contribution in [2.75, 3.05) is 33.6 Å². The average Bonchev–Trinajstić information content (AvgIpc) is 2.86. The maximum atomic E-state index is 13.0. The van der Waals surface area contributed by atoms with Crippen LogP contribution >= 0.6 is 0 Å². The van der Waals surface area contributed by atoms with Crippen molar-refractivity contribution in [1.82, 2.24) is 10.4 Å². The van der Waals surface area contributed by atoms with Gasteiger partial charge < -0.3 is 19.7 Å². The lowest BCUT2D eigenvalue weighted by Gasteiger charge is -2.16. The molecule has 0 fully saturated rings. The molecule has 0 radical (unpaired) electrons. The maximum Gasteiger partial charge on any atom is 0.275 e. The van der Waals surface area contributed by atoms with E-state index in [1.54, 1.807) is 80.2 Å². The van der Waals surface area contributed by atoms with Gasteiger partial charge in [0.25, 0.3) is 17.7 Å². The van der Waals surface area contributed by atoms with Gasteiger partial charge in [-0.15, -0.1) is 0 Å². The monoisotopic (exact) mass is 463 g/mol. The van der Waals surface area contributed by atoms with Gasteiger partial charge in [0.15, 0.2) is 11.5 Å². The minimum Gasteiger partial charge on any atom is -0.493 e. The predicted molar refractivity (Wildman–Crippen MR) is 127 cm³/mol. The normalized spacial score (nSPS) is 10.3. The Hall–Kier alpha value is -4.37. The van der Waals surface area contributed by atoms with Crippen molar-refractivity contribution in [1.29, 1.82) is 0 Å². The van der Waals surface area contributed by atoms with Gasteiger partial charge >= 0.3 is 0 Å². The van der Waals surface area contributed by atoms with Gasteiger partial charge in [0.05, 0.1) is 14.2 Å². The van der Waals surface area contributed by atoms with E-state index in [1.807, 2.05) is 0 Å². The van der Waals surface area contributed by atoms with Gasteiger partial charge in [-0.05, 0) is 53.6 Å². The van der Waals surface area contributed by atoms with E-state index in [4.69, 9.17) is 14.7 Å². The molecule has 176 valence electrons. The Morgan fingerprint density at radius 2 is 1.53 bits per heavy atom. The van der Waals surface area contributed by atoms with E-state index in [1.165, 1.54) is 19.1 Å². The molecular formula is C25H25N3O6. The number of amides is 3. The van der Waals surface area contributed by atoms with E-state index in [2.05, 4.69) is 5.32 Å². The quantitative estimate of drug-likeness (QED) is 0.365. The largest absolute Gasteiger partial charge is 0.493 e. The second-order valence-electron chi connectivity index (χ2n) is 7.51. The van der Waals surface area contributed by atoms with Gasteiger partial charge in [-0.3, -0.25) is 19.6 Å². The summed E-state index contributed by atoms with van der Waals surface area (Å²) in [6.45, 7) is 0. The maximum absolute atomic E-state index is 13.0. The molecule has 0 atom stereocenters. The van der Waals surface area contributed by atoms with E-state index in [-0.39, 0.29) is 11.5 Å². The summed E-state index contributed by atoms with van der Waals surface area (Å²) in [5.74, 6) is -0.527. The molecule has 0 bridgehead atoms.